The zero-order chi connectivity index (χ0) is 12.7. The molecular formula is C13H26N2O2. The summed E-state index contributed by atoms with van der Waals surface area (Å²) in [6.07, 6.45) is 4.76. The zero-order valence-corrected chi connectivity index (χ0v) is 11.3. The summed E-state index contributed by atoms with van der Waals surface area (Å²) >= 11 is 0. The summed E-state index contributed by atoms with van der Waals surface area (Å²) in [5.74, 6) is 0.101. The lowest BCUT2D eigenvalue weighted by Gasteiger charge is -2.25. The van der Waals surface area contributed by atoms with Crippen LogP contribution in [0, 0.1) is 0 Å². The number of hydrogen-bond acceptors (Lipinski definition) is 3. The molecule has 1 amide bonds. The normalized spacial score (nSPS) is 17.4. The van der Waals surface area contributed by atoms with E-state index in [1.54, 1.807) is 0 Å². The molecule has 0 unspecified atom stereocenters. The lowest BCUT2D eigenvalue weighted by Crippen LogP contribution is -2.44. The third-order valence-electron chi connectivity index (χ3n) is 3.09. The third kappa shape index (κ3) is 6.03. The van der Waals surface area contributed by atoms with Gasteiger partial charge in [-0.2, -0.15) is 0 Å². The molecule has 0 saturated heterocycles. The number of ether oxygens (including phenoxy) is 1. The fourth-order valence-electron chi connectivity index (χ4n) is 2.27. The van der Waals surface area contributed by atoms with Crippen molar-refractivity contribution in [1.29, 1.82) is 0 Å². The van der Waals surface area contributed by atoms with Gasteiger partial charge in [0.25, 0.3) is 0 Å². The number of nitrogens with one attached hydrogen (secondary N) is 2. The van der Waals surface area contributed by atoms with Gasteiger partial charge in [-0.25, -0.2) is 0 Å². The van der Waals surface area contributed by atoms with Crippen LogP contribution in [0.15, 0.2) is 0 Å². The van der Waals surface area contributed by atoms with Crippen molar-refractivity contribution in [2.24, 2.45) is 0 Å². The molecule has 100 valence electrons. The molecule has 17 heavy (non-hydrogen) atoms. The Morgan fingerprint density at radius 3 is 2.59 bits per heavy atom. The Bertz CT molecular complexity index is 236. The first kappa shape index (κ1) is 14.5. The summed E-state index contributed by atoms with van der Waals surface area (Å²) < 4.78 is 5.55. The predicted octanol–water partition coefficient (Wildman–Crippen LogP) is 1.45. The second kappa shape index (κ2) is 6.97. The summed E-state index contributed by atoms with van der Waals surface area (Å²) in [6, 6.07) is 0.407. The molecule has 0 bridgehead atoms. The molecule has 0 aromatic carbocycles. The van der Waals surface area contributed by atoms with Crippen molar-refractivity contribution in [2.45, 2.75) is 58.1 Å². The van der Waals surface area contributed by atoms with E-state index in [1.807, 2.05) is 20.8 Å². The Labute approximate surface area is 104 Å². The van der Waals surface area contributed by atoms with E-state index in [9.17, 15) is 4.79 Å². The van der Waals surface area contributed by atoms with Crippen molar-refractivity contribution in [1.82, 2.24) is 10.6 Å². The largest absolute Gasteiger partial charge is 0.375 e. The SMILES string of the molecule is CCOC(C)(C)CNCC(=O)NC1CCCC1. The van der Waals surface area contributed by atoms with Crippen LogP contribution >= 0.6 is 0 Å². The monoisotopic (exact) mass is 242 g/mol. The molecule has 0 radical (unpaired) electrons. The van der Waals surface area contributed by atoms with E-state index in [1.165, 1.54) is 12.8 Å². The Kier molecular flexibility index (Phi) is 5.92. The van der Waals surface area contributed by atoms with Gasteiger partial charge in [0.15, 0.2) is 0 Å². The second-order valence-electron chi connectivity index (χ2n) is 5.35. The van der Waals surface area contributed by atoms with E-state index in [4.69, 9.17) is 4.74 Å². The maximum atomic E-state index is 11.6. The summed E-state index contributed by atoms with van der Waals surface area (Å²) in [5, 5.41) is 6.20. The van der Waals surface area contributed by atoms with Gasteiger partial charge in [-0.1, -0.05) is 12.8 Å². The van der Waals surface area contributed by atoms with Gasteiger partial charge in [0.2, 0.25) is 5.91 Å². The highest BCUT2D eigenvalue weighted by molar-refractivity contribution is 5.78. The molecule has 1 rings (SSSR count). The molecular weight excluding hydrogens is 216 g/mol. The summed E-state index contributed by atoms with van der Waals surface area (Å²) in [5.41, 5.74) is -0.206. The van der Waals surface area contributed by atoms with Gasteiger partial charge >= 0.3 is 0 Å². The van der Waals surface area contributed by atoms with Crippen LogP contribution in [0.3, 0.4) is 0 Å². The number of carbonyl (C=O) groups is 1. The van der Waals surface area contributed by atoms with Crippen molar-refractivity contribution in [3.8, 4) is 0 Å². The molecule has 1 aliphatic carbocycles. The van der Waals surface area contributed by atoms with Gasteiger partial charge in [0, 0.05) is 19.2 Å². The number of hydrogen-bond donors (Lipinski definition) is 2. The highest BCUT2D eigenvalue weighted by Gasteiger charge is 2.19. The van der Waals surface area contributed by atoms with E-state index >= 15 is 0 Å². The van der Waals surface area contributed by atoms with Crippen molar-refractivity contribution in [3.63, 3.8) is 0 Å². The summed E-state index contributed by atoms with van der Waals surface area (Å²) in [7, 11) is 0. The van der Waals surface area contributed by atoms with Crippen molar-refractivity contribution in [3.05, 3.63) is 0 Å². The fraction of sp³-hybridized carbons (Fsp3) is 0.923. The molecule has 1 fully saturated rings. The molecule has 0 heterocycles. The highest BCUT2D eigenvalue weighted by atomic mass is 16.5. The van der Waals surface area contributed by atoms with E-state index in [0.29, 0.717) is 25.7 Å². The average Bonchev–Trinajstić information content (AvgIpc) is 2.69. The van der Waals surface area contributed by atoms with Crippen LogP contribution in [-0.4, -0.2) is 37.2 Å². The first-order chi connectivity index (χ1) is 8.03. The van der Waals surface area contributed by atoms with Gasteiger partial charge in [0.1, 0.15) is 0 Å². The van der Waals surface area contributed by atoms with Crippen molar-refractivity contribution >= 4 is 5.91 Å². The highest BCUT2D eigenvalue weighted by Crippen LogP contribution is 2.17. The van der Waals surface area contributed by atoms with Gasteiger partial charge in [-0.3, -0.25) is 4.79 Å². The molecule has 4 nitrogen and oxygen atoms in total. The lowest BCUT2D eigenvalue weighted by molar-refractivity contribution is -0.121. The smallest absolute Gasteiger partial charge is 0.234 e. The third-order valence-corrected chi connectivity index (χ3v) is 3.09. The quantitative estimate of drug-likeness (QED) is 0.710. The maximum absolute atomic E-state index is 11.6. The van der Waals surface area contributed by atoms with Crippen LogP contribution in [0.25, 0.3) is 0 Å². The second-order valence-corrected chi connectivity index (χ2v) is 5.35. The minimum Gasteiger partial charge on any atom is -0.375 e. The van der Waals surface area contributed by atoms with Crippen LogP contribution in [-0.2, 0) is 9.53 Å². The Morgan fingerprint density at radius 1 is 1.35 bits per heavy atom. The fourth-order valence-corrected chi connectivity index (χ4v) is 2.27. The van der Waals surface area contributed by atoms with Gasteiger partial charge < -0.3 is 15.4 Å². The van der Waals surface area contributed by atoms with Crippen LogP contribution in [0.2, 0.25) is 0 Å². The van der Waals surface area contributed by atoms with Gasteiger partial charge in [0.05, 0.1) is 12.1 Å². The average molecular weight is 242 g/mol. The Balaban J connectivity index is 2.10. The minimum absolute atomic E-state index is 0.101. The molecule has 0 aromatic rings. The summed E-state index contributed by atoms with van der Waals surface area (Å²) in [4.78, 5) is 11.6. The molecule has 0 aliphatic heterocycles. The molecule has 0 aromatic heterocycles. The Hall–Kier alpha value is -0.610. The number of amides is 1. The topological polar surface area (TPSA) is 50.4 Å². The lowest BCUT2D eigenvalue weighted by atomic mass is 10.1. The molecule has 4 heteroatoms. The van der Waals surface area contributed by atoms with Gasteiger partial charge in [-0.05, 0) is 33.6 Å². The molecule has 2 N–H and O–H groups in total. The van der Waals surface area contributed by atoms with Crippen LogP contribution in [0.1, 0.15) is 46.5 Å². The molecule has 1 aliphatic rings. The van der Waals surface area contributed by atoms with Crippen LogP contribution < -0.4 is 10.6 Å². The minimum atomic E-state index is -0.206. The maximum Gasteiger partial charge on any atom is 0.234 e. The van der Waals surface area contributed by atoms with Crippen LogP contribution in [0.5, 0.6) is 0 Å². The standard InChI is InChI=1S/C13H26N2O2/c1-4-17-13(2,3)10-14-9-12(16)15-11-7-5-6-8-11/h11,14H,4-10H2,1-3H3,(H,15,16). The van der Waals surface area contributed by atoms with Crippen molar-refractivity contribution in [2.75, 3.05) is 19.7 Å². The van der Waals surface area contributed by atoms with Crippen molar-refractivity contribution < 1.29 is 9.53 Å². The number of rotatable bonds is 7. The predicted molar refractivity (Wildman–Crippen MR) is 69.0 cm³/mol. The zero-order valence-electron chi connectivity index (χ0n) is 11.3. The van der Waals surface area contributed by atoms with E-state index in [0.717, 1.165) is 12.8 Å². The van der Waals surface area contributed by atoms with Gasteiger partial charge in [-0.15, -0.1) is 0 Å². The molecule has 0 atom stereocenters. The first-order valence-corrected chi connectivity index (χ1v) is 6.67. The molecule has 1 saturated carbocycles. The Morgan fingerprint density at radius 2 is 2.00 bits per heavy atom. The van der Waals surface area contributed by atoms with E-state index in [2.05, 4.69) is 10.6 Å². The van der Waals surface area contributed by atoms with E-state index < -0.39 is 0 Å². The molecule has 0 spiro atoms. The van der Waals surface area contributed by atoms with Crippen LogP contribution in [0.4, 0.5) is 0 Å². The van der Waals surface area contributed by atoms with E-state index in [-0.39, 0.29) is 11.5 Å². The summed E-state index contributed by atoms with van der Waals surface area (Å²) in [6.45, 7) is 7.81. The number of carbonyl (C=O) groups excluding carboxylic acids is 1. The first-order valence-electron chi connectivity index (χ1n) is 6.67.